The van der Waals surface area contributed by atoms with E-state index in [2.05, 4.69) is 66.3 Å². The quantitative estimate of drug-likeness (QED) is 0.721. The molecule has 0 amide bonds. The van der Waals surface area contributed by atoms with Gasteiger partial charge >= 0.3 is 0 Å². The number of fused-ring (bicyclic) bond motifs is 2. The minimum atomic E-state index is 0.453. The van der Waals surface area contributed by atoms with E-state index in [-0.39, 0.29) is 0 Å². The summed E-state index contributed by atoms with van der Waals surface area (Å²) < 4.78 is 0. The summed E-state index contributed by atoms with van der Waals surface area (Å²) in [6.07, 6.45) is 7.33. The molecular weight excluding hydrogens is 318 g/mol. The lowest BCUT2D eigenvalue weighted by Crippen LogP contribution is -2.33. The molecule has 0 radical (unpaired) electrons. The molecule has 1 aromatic carbocycles. The molecule has 138 valence electrons. The molecule has 2 aromatic rings. The molecule has 26 heavy (non-hydrogen) atoms. The van der Waals surface area contributed by atoms with E-state index in [4.69, 9.17) is 0 Å². The number of para-hydroxylation sites is 2. The maximum Gasteiger partial charge on any atom is 0.135 e. The van der Waals surface area contributed by atoms with Crippen LogP contribution in [0.15, 0.2) is 42.6 Å². The van der Waals surface area contributed by atoms with Crippen molar-refractivity contribution in [1.29, 1.82) is 0 Å². The Kier molecular flexibility index (Phi) is 4.64. The van der Waals surface area contributed by atoms with Crippen LogP contribution in [0, 0.1) is 17.3 Å². The highest BCUT2D eigenvalue weighted by atomic mass is 15.2. The molecule has 0 spiro atoms. The Balaban J connectivity index is 1.53. The molecule has 3 heteroatoms. The zero-order valence-electron chi connectivity index (χ0n) is 16.3. The van der Waals surface area contributed by atoms with Gasteiger partial charge in [-0.05, 0) is 61.1 Å². The van der Waals surface area contributed by atoms with Crippen molar-refractivity contribution < 1.29 is 0 Å². The first-order chi connectivity index (χ1) is 12.5. The molecule has 4 rings (SSSR count). The molecule has 0 saturated heterocycles. The number of hydrogen-bond acceptors (Lipinski definition) is 3. The minimum absolute atomic E-state index is 0.453. The zero-order chi connectivity index (χ0) is 18.1. The predicted octanol–water partition coefficient (Wildman–Crippen LogP) is 6.00. The maximum absolute atomic E-state index is 4.56. The molecule has 2 heterocycles. The second-order valence-electron chi connectivity index (χ2n) is 9.12. The van der Waals surface area contributed by atoms with Gasteiger partial charge in [0, 0.05) is 24.8 Å². The Morgan fingerprint density at radius 1 is 1.04 bits per heavy atom. The number of anilines is 3. The van der Waals surface area contributed by atoms with Crippen molar-refractivity contribution in [3.63, 3.8) is 0 Å². The Morgan fingerprint density at radius 2 is 1.81 bits per heavy atom. The molecule has 1 fully saturated rings. The molecule has 3 nitrogen and oxygen atoms in total. The highest BCUT2D eigenvalue weighted by Crippen LogP contribution is 2.41. The number of nitrogens with zero attached hydrogens (tertiary/aromatic N) is 2. The summed E-state index contributed by atoms with van der Waals surface area (Å²) in [7, 11) is 0. The first-order valence-electron chi connectivity index (χ1n) is 10.1. The Hall–Kier alpha value is -2.03. The fraction of sp³-hybridized carbons (Fsp3) is 0.522. The third-order valence-electron chi connectivity index (χ3n) is 6.30. The lowest BCUT2D eigenvalue weighted by Gasteiger charge is -2.39. The fourth-order valence-electron chi connectivity index (χ4n) is 4.64. The van der Waals surface area contributed by atoms with E-state index in [1.54, 1.807) is 0 Å². The number of nitrogens with one attached hydrogen (secondary N) is 1. The minimum Gasteiger partial charge on any atom is -0.365 e. The standard InChI is InChI=1S/C23H31N3/c1-23(2,3)19-12-10-17(11-13-19)15-26-16-18-7-6-14-24-22(18)25-20-8-4-5-9-21(20)26/h4-9,14,17,19H,10-13,15-16H2,1-3H3,(H,24,25). The summed E-state index contributed by atoms with van der Waals surface area (Å²) in [5.41, 5.74) is 4.22. The lowest BCUT2D eigenvalue weighted by atomic mass is 9.70. The van der Waals surface area contributed by atoms with E-state index < -0.39 is 0 Å². The molecule has 1 aromatic heterocycles. The molecule has 1 aliphatic carbocycles. The van der Waals surface area contributed by atoms with Crippen molar-refractivity contribution in [1.82, 2.24) is 4.98 Å². The highest BCUT2D eigenvalue weighted by molar-refractivity contribution is 5.77. The molecular formula is C23H31N3. The second-order valence-corrected chi connectivity index (χ2v) is 9.12. The van der Waals surface area contributed by atoms with Crippen LogP contribution < -0.4 is 10.2 Å². The lowest BCUT2D eigenvalue weighted by molar-refractivity contribution is 0.151. The summed E-state index contributed by atoms with van der Waals surface area (Å²) in [6, 6.07) is 12.9. The van der Waals surface area contributed by atoms with Crippen LogP contribution in [0.25, 0.3) is 0 Å². The summed E-state index contributed by atoms with van der Waals surface area (Å²) in [5, 5.41) is 3.54. The van der Waals surface area contributed by atoms with Crippen LogP contribution >= 0.6 is 0 Å². The first kappa shape index (κ1) is 17.4. The van der Waals surface area contributed by atoms with Crippen LogP contribution in [0.4, 0.5) is 17.2 Å². The van der Waals surface area contributed by atoms with Crippen molar-refractivity contribution in [3.05, 3.63) is 48.2 Å². The smallest absolute Gasteiger partial charge is 0.135 e. The Morgan fingerprint density at radius 3 is 2.58 bits per heavy atom. The summed E-state index contributed by atoms with van der Waals surface area (Å²) in [4.78, 5) is 7.13. The SMILES string of the molecule is CC(C)(C)C1CCC(CN2Cc3cccnc3Nc3ccccc32)CC1. The topological polar surface area (TPSA) is 28.2 Å². The van der Waals surface area contributed by atoms with Crippen LogP contribution in [0.2, 0.25) is 0 Å². The highest BCUT2D eigenvalue weighted by Gasteiger charge is 2.31. The average Bonchev–Trinajstić information content (AvgIpc) is 2.78. The van der Waals surface area contributed by atoms with Crippen LogP contribution in [-0.4, -0.2) is 11.5 Å². The maximum atomic E-state index is 4.56. The van der Waals surface area contributed by atoms with Gasteiger partial charge in [-0.15, -0.1) is 0 Å². The second kappa shape index (κ2) is 6.94. The summed E-state index contributed by atoms with van der Waals surface area (Å²) in [6.45, 7) is 9.28. The Labute approximate surface area is 157 Å². The molecule has 2 aliphatic rings. The van der Waals surface area contributed by atoms with Crippen LogP contribution in [0.1, 0.15) is 52.0 Å². The predicted molar refractivity (Wildman–Crippen MR) is 110 cm³/mol. The van der Waals surface area contributed by atoms with E-state index in [1.807, 2.05) is 12.3 Å². The summed E-state index contributed by atoms with van der Waals surface area (Å²) >= 11 is 0. The van der Waals surface area contributed by atoms with Gasteiger partial charge in [-0.1, -0.05) is 39.0 Å². The number of aromatic nitrogens is 1. The van der Waals surface area contributed by atoms with E-state index in [0.717, 1.165) is 30.7 Å². The van der Waals surface area contributed by atoms with Crippen molar-refractivity contribution in [2.24, 2.45) is 17.3 Å². The van der Waals surface area contributed by atoms with Crippen LogP contribution in [-0.2, 0) is 6.54 Å². The largest absolute Gasteiger partial charge is 0.365 e. The normalized spacial score (nSPS) is 22.8. The van der Waals surface area contributed by atoms with Crippen molar-refractivity contribution in [2.45, 2.75) is 53.0 Å². The van der Waals surface area contributed by atoms with Crippen LogP contribution in [0.3, 0.4) is 0 Å². The third-order valence-corrected chi connectivity index (χ3v) is 6.30. The monoisotopic (exact) mass is 349 g/mol. The van der Waals surface area contributed by atoms with Gasteiger partial charge in [-0.2, -0.15) is 0 Å². The summed E-state index contributed by atoms with van der Waals surface area (Å²) in [5.74, 6) is 2.67. The third kappa shape index (κ3) is 3.58. The number of benzene rings is 1. The zero-order valence-corrected chi connectivity index (χ0v) is 16.3. The fourth-order valence-corrected chi connectivity index (χ4v) is 4.64. The van der Waals surface area contributed by atoms with E-state index in [0.29, 0.717) is 5.41 Å². The van der Waals surface area contributed by atoms with Gasteiger partial charge in [-0.3, -0.25) is 0 Å². The van der Waals surface area contributed by atoms with Gasteiger partial charge in [0.1, 0.15) is 5.82 Å². The van der Waals surface area contributed by atoms with Gasteiger partial charge in [0.25, 0.3) is 0 Å². The van der Waals surface area contributed by atoms with Crippen molar-refractivity contribution in [3.8, 4) is 0 Å². The van der Waals surface area contributed by atoms with Gasteiger partial charge in [-0.25, -0.2) is 4.98 Å². The van der Waals surface area contributed by atoms with Gasteiger partial charge in [0.15, 0.2) is 0 Å². The van der Waals surface area contributed by atoms with Gasteiger partial charge in [0.05, 0.1) is 11.4 Å². The van der Waals surface area contributed by atoms with Crippen molar-refractivity contribution >= 4 is 17.2 Å². The van der Waals surface area contributed by atoms with E-state index >= 15 is 0 Å². The number of rotatable bonds is 2. The molecule has 1 saturated carbocycles. The van der Waals surface area contributed by atoms with E-state index in [9.17, 15) is 0 Å². The van der Waals surface area contributed by atoms with Crippen LogP contribution in [0.5, 0.6) is 0 Å². The van der Waals surface area contributed by atoms with Crippen molar-refractivity contribution in [2.75, 3.05) is 16.8 Å². The number of hydrogen-bond donors (Lipinski definition) is 1. The van der Waals surface area contributed by atoms with E-state index in [1.165, 1.54) is 42.6 Å². The Bertz CT molecular complexity index is 754. The molecule has 0 unspecified atom stereocenters. The van der Waals surface area contributed by atoms with Gasteiger partial charge in [0.2, 0.25) is 0 Å². The first-order valence-corrected chi connectivity index (χ1v) is 10.1. The molecule has 1 N–H and O–H groups in total. The van der Waals surface area contributed by atoms with Gasteiger partial charge < -0.3 is 10.2 Å². The molecule has 0 bridgehead atoms. The average molecular weight is 350 g/mol. The molecule has 1 aliphatic heterocycles. The molecule has 0 atom stereocenters. The number of pyridine rings is 1.